The van der Waals surface area contributed by atoms with Crippen LogP contribution in [0.25, 0.3) is 47.7 Å². The second-order valence-corrected chi connectivity index (χ2v) is 8.04. The van der Waals surface area contributed by atoms with E-state index in [2.05, 4.69) is 83.4 Å². The molecule has 0 saturated heterocycles. The lowest BCUT2D eigenvalue weighted by Gasteiger charge is -2.08. The van der Waals surface area contributed by atoms with E-state index < -0.39 is 0 Å². The van der Waals surface area contributed by atoms with Crippen molar-refractivity contribution in [3.8, 4) is 11.4 Å². The largest absolute Gasteiger partial charge is 0.497 e. The summed E-state index contributed by atoms with van der Waals surface area (Å²) in [5.41, 5.74) is 3.72. The Morgan fingerprint density at radius 2 is 1.50 bits per heavy atom. The number of thiophene rings is 1. The van der Waals surface area contributed by atoms with Gasteiger partial charge in [0.15, 0.2) is 0 Å². The molecular formula is C25H17NOS. The highest BCUT2D eigenvalue weighted by Crippen LogP contribution is 2.43. The summed E-state index contributed by atoms with van der Waals surface area (Å²) in [5, 5.41) is 5.13. The first-order chi connectivity index (χ1) is 13.8. The lowest BCUT2D eigenvalue weighted by Crippen LogP contribution is -1.92. The van der Waals surface area contributed by atoms with Crippen LogP contribution in [0.3, 0.4) is 0 Å². The van der Waals surface area contributed by atoms with Crippen LogP contribution in [0.2, 0.25) is 0 Å². The maximum Gasteiger partial charge on any atom is 0.119 e. The minimum atomic E-state index is 0.899. The van der Waals surface area contributed by atoms with Crippen LogP contribution >= 0.6 is 11.3 Å². The average molecular weight is 379 g/mol. The van der Waals surface area contributed by atoms with Gasteiger partial charge in [0.05, 0.1) is 22.8 Å². The number of methoxy groups -OCH3 is 1. The number of rotatable bonds is 2. The Morgan fingerprint density at radius 1 is 0.714 bits per heavy atom. The maximum atomic E-state index is 5.47. The third-order valence-corrected chi connectivity index (χ3v) is 6.69. The first-order valence-corrected chi connectivity index (χ1v) is 10.1. The quantitative estimate of drug-likeness (QED) is 0.311. The number of para-hydroxylation sites is 2. The molecule has 0 spiro atoms. The molecule has 0 atom stereocenters. The van der Waals surface area contributed by atoms with Crippen LogP contribution in [0.4, 0.5) is 0 Å². The molecule has 2 aromatic heterocycles. The lowest BCUT2D eigenvalue weighted by atomic mass is 10.1. The van der Waals surface area contributed by atoms with Gasteiger partial charge in [-0.1, -0.05) is 48.5 Å². The van der Waals surface area contributed by atoms with Crippen LogP contribution in [-0.4, -0.2) is 11.7 Å². The Labute approximate surface area is 166 Å². The number of ether oxygens (including phenoxy) is 1. The molecule has 0 aliphatic heterocycles. The number of nitrogens with zero attached hydrogens (tertiary/aromatic N) is 1. The zero-order chi connectivity index (χ0) is 18.7. The van der Waals surface area contributed by atoms with Gasteiger partial charge in [0.25, 0.3) is 0 Å². The summed E-state index contributed by atoms with van der Waals surface area (Å²) in [6, 6.07) is 30.2. The molecule has 4 aromatic carbocycles. The molecule has 0 fully saturated rings. The minimum Gasteiger partial charge on any atom is -0.497 e. The van der Waals surface area contributed by atoms with Gasteiger partial charge in [-0.2, -0.15) is 0 Å². The van der Waals surface area contributed by atoms with Gasteiger partial charge >= 0.3 is 0 Å². The molecular weight excluding hydrogens is 362 g/mol. The first-order valence-electron chi connectivity index (χ1n) is 9.33. The molecule has 0 aliphatic carbocycles. The molecule has 0 radical (unpaired) electrons. The maximum absolute atomic E-state index is 5.47. The zero-order valence-electron chi connectivity index (χ0n) is 15.3. The number of hydrogen-bond donors (Lipinski definition) is 0. The Kier molecular flexibility index (Phi) is 3.28. The van der Waals surface area contributed by atoms with Crippen molar-refractivity contribution in [1.82, 2.24) is 4.57 Å². The summed E-state index contributed by atoms with van der Waals surface area (Å²) < 4.78 is 10.5. The number of hydrogen-bond acceptors (Lipinski definition) is 2. The molecule has 0 aliphatic rings. The Balaban J connectivity index is 1.86. The highest BCUT2D eigenvalue weighted by molar-refractivity contribution is 7.26. The summed E-state index contributed by atoms with van der Waals surface area (Å²) in [7, 11) is 1.72. The van der Waals surface area contributed by atoms with E-state index in [1.165, 1.54) is 47.7 Å². The number of benzene rings is 4. The minimum absolute atomic E-state index is 0.899. The molecule has 6 aromatic rings. The van der Waals surface area contributed by atoms with Gasteiger partial charge in [-0.3, -0.25) is 0 Å². The van der Waals surface area contributed by atoms with E-state index in [9.17, 15) is 0 Å². The van der Waals surface area contributed by atoms with Gasteiger partial charge in [0.2, 0.25) is 0 Å². The van der Waals surface area contributed by atoms with Gasteiger partial charge in [0.1, 0.15) is 5.75 Å². The van der Waals surface area contributed by atoms with Crippen molar-refractivity contribution in [2.45, 2.75) is 0 Å². The van der Waals surface area contributed by atoms with E-state index in [1.54, 1.807) is 7.11 Å². The van der Waals surface area contributed by atoms with Gasteiger partial charge in [0, 0.05) is 31.9 Å². The van der Waals surface area contributed by atoms with Gasteiger partial charge < -0.3 is 9.30 Å². The molecule has 28 heavy (non-hydrogen) atoms. The van der Waals surface area contributed by atoms with Crippen molar-refractivity contribution in [3.05, 3.63) is 84.9 Å². The van der Waals surface area contributed by atoms with Crippen LogP contribution in [0.1, 0.15) is 0 Å². The third-order valence-electron chi connectivity index (χ3n) is 5.49. The molecule has 0 unspecified atom stereocenters. The molecule has 0 N–H and O–H groups in total. The molecule has 2 heterocycles. The summed E-state index contributed by atoms with van der Waals surface area (Å²) in [6.45, 7) is 0. The van der Waals surface area contributed by atoms with Crippen molar-refractivity contribution in [2.24, 2.45) is 0 Å². The van der Waals surface area contributed by atoms with E-state index in [4.69, 9.17) is 4.74 Å². The van der Waals surface area contributed by atoms with Crippen molar-refractivity contribution >= 4 is 53.3 Å². The van der Waals surface area contributed by atoms with Crippen LogP contribution in [0, 0.1) is 0 Å². The summed E-state index contributed by atoms with van der Waals surface area (Å²) in [5.74, 6) is 0.899. The summed E-state index contributed by atoms with van der Waals surface area (Å²) >= 11 is 1.86. The monoisotopic (exact) mass is 379 g/mol. The standard InChI is InChI=1S/C25H17NOS/c1-27-17-11-14-23-21(15-17)20-13-12-19-18-9-5-6-10-22(18)26(24(19)25(20)28-23)16-7-3-2-4-8-16/h2-15H,1H3. The predicted octanol–water partition coefficient (Wildman–Crippen LogP) is 7.16. The normalized spacial score (nSPS) is 11.8. The predicted molar refractivity (Wildman–Crippen MR) is 120 cm³/mol. The molecule has 0 saturated carbocycles. The van der Waals surface area contributed by atoms with Crippen molar-refractivity contribution < 1.29 is 4.74 Å². The van der Waals surface area contributed by atoms with Crippen LogP contribution in [0.5, 0.6) is 5.75 Å². The first kappa shape index (κ1) is 15.7. The Morgan fingerprint density at radius 3 is 2.36 bits per heavy atom. The molecule has 0 bridgehead atoms. The zero-order valence-corrected chi connectivity index (χ0v) is 16.2. The van der Waals surface area contributed by atoms with E-state index >= 15 is 0 Å². The van der Waals surface area contributed by atoms with E-state index in [0.29, 0.717) is 0 Å². The summed E-state index contributed by atoms with van der Waals surface area (Å²) in [4.78, 5) is 0. The van der Waals surface area contributed by atoms with Crippen LogP contribution in [0.15, 0.2) is 84.9 Å². The number of fused-ring (bicyclic) bond motifs is 7. The molecule has 6 rings (SSSR count). The van der Waals surface area contributed by atoms with Crippen LogP contribution < -0.4 is 4.74 Å². The highest BCUT2D eigenvalue weighted by atomic mass is 32.1. The van der Waals surface area contributed by atoms with Crippen molar-refractivity contribution in [1.29, 1.82) is 0 Å². The smallest absolute Gasteiger partial charge is 0.119 e. The Bertz CT molecular complexity index is 1490. The van der Waals surface area contributed by atoms with Gasteiger partial charge in [-0.05, 0) is 36.4 Å². The highest BCUT2D eigenvalue weighted by Gasteiger charge is 2.17. The topological polar surface area (TPSA) is 14.2 Å². The molecule has 2 nitrogen and oxygen atoms in total. The van der Waals surface area contributed by atoms with Crippen LogP contribution in [-0.2, 0) is 0 Å². The van der Waals surface area contributed by atoms with Gasteiger partial charge in [-0.25, -0.2) is 0 Å². The summed E-state index contributed by atoms with van der Waals surface area (Å²) in [6.07, 6.45) is 0. The number of aromatic nitrogens is 1. The fraction of sp³-hybridized carbons (Fsp3) is 0.0400. The van der Waals surface area contributed by atoms with E-state index in [0.717, 1.165) is 5.75 Å². The molecule has 3 heteroatoms. The fourth-order valence-corrected chi connectivity index (χ4v) is 5.45. The third kappa shape index (κ3) is 2.08. The van der Waals surface area contributed by atoms with Gasteiger partial charge in [-0.15, -0.1) is 11.3 Å². The average Bonchev–Trinajstić information content (AvgIpc) is 3.29. The van der Waals surface area contributed by atoms with Crippen molar-refractivity contribution in [3.63, 3.8) is 0 Å². The van der Waals surface area contributed by atoms with Crippen molar-refractivity contribution in [2.75, 3.05) is 7.11 Å². The van der Waals surface area contributed by atoms with E-state index in [-0.39, 0.29) is 0 Å². The lowest BCUT2D eigenvalue weighted by molar-refractivity contribution is 0.415. The molecule has 134 valence electrons. The Hall–Kier alpha value is -3.30. The second-order valence-electron chi connectivity index (χ2n) is 6.99. The fourth-order valence-electron chi connectivity index (χ4n) is 4.23. The molecule has 0 amide bonds. The SMILES string of the molecule is COc1ccc2sc3c(ccc4c5ccccc5n(-c5ccccc5)c43)c2c1. The second kappa shape index (κ2) is 5.85. The van der Waals surface area contributed by atoms with E-state index in [1.807, 2.05) is 17.4 Å².